The summed E-state index contributed by atoms with van der Waals surface area (Å²) in [4.78, 5) is 7.15. The predicted octanol–water partition coefficient (Wildman–Crippen LogP) is 0.551. The number of rotatable bonds is 8. The van der Waals surface area contributed by atoms with E-state index >= 15 is 0 Å². The van der Waals surface area contributed by atoms with Gasteiger partial charge in [0.2, 0.25) is 0 Å². The van der Waals surface area contributed by atoms with Crippen LogP contribution >= 0.6 is 0 Å². The van der Waals surface area contributed by atoms with Gasteiger partial charge in [-0.2, -0.15) is 0 Å². The fourth-order valence-electron chi connectivity index (χ4n) is 1.13. The first-order chi connectivity index (χ1) is 7.33. The van der Waals surface area contributed by atoms with Crippen molar-refractivity contribution in [3.63, 3.8) is 0 Å². The summed E-state index contributed by atoms with van der Waals surface area (Å²) in [5.74, 6) is 0.943. The van der Waals surface area contributed by atoms with E-state index < -0.39 is 0 Å². The van der Waals surface area contributed by atoms with Gasteiger partial charge in [-0.3, -0.25) is 0 Å². The van der Waals surface area contributed by atoms with Crippen molar-refractivity contribution in [2.75, 3.05) is 26.9 Å². The smallest absolute Gasteiger partial charge is 0.120 e. The van der Waals surface area contributed by atoms with Crippen molar-refractivity contribution in [2.45, 2.75) is 19.5 Å². The number of hydrogen-bond acceptors (Lipinski definition) is 4. The van der Waals surface area contributed by atoms with Gasteiger partial charge >= 0.3 is 0 Å². The van der Waals surface area contributed by atoms with Gasteiger partial charge in [-0.25, -0.2) is 4.98 Å². The maximum absolute atomic E-state index is 5.39. The number of H-pyrrole nitrogens is 1. The molecule has 1 heterocycles. The maximum atomic E-state index is 5.39. The van der Waals surface area contributed by atoms with Crippen molar-refractivity contribution >= 4 is 0 Å². The molecule has 5 nitrogen and oxygen atoms in total. The Hall–Kier alpha value is -0.910. The van der Waals surface area contributed by atoms with E-state index in [1.807, 2.05) is 6.20 Å². The molecular formula is C10H19N3O2. The Kier molecular flexibility index (Phi) is 5.99. The van der Waals surface area contributed by atoms with Gasteiger partial charge in [-0.05, 0) is 6.92 Å². The van der Waals surface area contributed by atoms with E-state index in [9.17, 15) is 0 Å². The van der Waals surface area contributed by atoms with Gasteiger partial charge in [0.15, 0.2) is 0 Å². The van der Waals surface area contributed by atoms with Gasteiger partial charge in [-0.15, -0.1) is 0 Å². The summed E-state index contributed by atoms with van der Waals surface area (Å²) in [6, 6.07) is 0.312. The first-order valence-corrected chi connectivity index (χ1v) is 5.11. The Balaban J connectivity index is 2.01. The number of aromatic nitrogens is 2. The largest absolute Gasteiger partial charge is 0.382 e. The minimum Gasteiger partial charge on any atom is -0.382 e. The summed E-state index contributed by atoms with van der Waals surface area (Å²) in [7, 11) is 1.67. The molecular weight excluding hydrogens is 194 g/mol. The highest BCUT2D eigenvalue weighted by Gasteiger charge is 2.02. The summed E-state index contributed by atoms with van der Waals surface area (Å²) < 4.78 is 10.3. The maximum Gasteiger partial charge on any atom is 0.120 e. The number of hydrogen-bond donors (Lipinski definition) is 2. The molecule has 0 saturated heterocycles. The van der Waals surface area contributed by atoms with Crippen molar-refractivity contribution in [1.82, 2.24) is 15.3 Å². The van der Waals surface area contributed by atoms with Gasteiger partial charge in [-0.1, -0.05) is 0 Å². The van der Waals surface area contributed by atoms with E-state index in [2.05, 4.69) is 22.2 Å². The molecule has 0 spiro atoms. The molecule has 0 radical (unpaired) electrons. The lowest BCUT2D eigenvalue weighted by Crippen LogP contribution is -2.30. The summed E-state index contributed by atoms with van der Waals surface area (Å²) in [5.41, 5.74) is 0. The molecule has 0 fully saturated rings. The van der Waals surface area contributed by atoms with E-state index in [4.69, 9.17) is 9.47 Å². The molecule has 0 aliphatic carbocycles. The quantitative estimate of drug-likeness (QED) is 0.619. The molecule has 2 N–H and O–H groups in total. The van der Waals surface area contributed by atoms with Crippen LogP contribution in [0.15, 0.2) is 12.4 Å². The lowest BCUT2D eigenvalue weighted by molar-refractivity contribution is 0.0607. The summed E-state index contributed by atoms with van der Waals surface area (Å²) in [6.07, 6.45) is 3.56. The van der Waals surface area contributed by atoms with Gasteiger partial charge < -0.3 is 19.8 Å². The zero-order chi connectivity index (χ0) is 10.9. The molecule has 0 amide bonds. The van der Waals surface area contributed by atoms with Crippen LogP contribution in [0.25, 0.3) is 0 Å². The number of ether oxygens (including phenoxy) is 2. The highest BCUT2D eigenvalue weighted by Crippen LogP contribution is 1.90. The van der Waals surface area contributed by atoms with E-state index in [-0.39, 0.29) is 0 Å². The molecule has 15 heavy (non-hydrogen) atoms. The Bertz CT molecular complexity index is 239. The van der Waals surface area contributed by atoms with Crippen LogP contribution in [0, 0.1) is 0 Å². The molecule has 1 unspecified atom stereocenters. The Morgan fingerprint density at radius 2 is 2.40 bits per heavy atom. The van der Waals surface area contributed by atoms with E-state index in [1.165, 1.54) is 0 Å². The third-order valence-electron chi connectivity index (χ3n) is 1.97. The Labute approximate surface area is 90.2 Å². The fraction of sp³-hybridized carbons (Fsp3) is 0.700. The average Bonchev–Trinajstić information content (AvgIpc) is 2.74. The third kappa shape index (κ3) is 5.51. The van der Waals surface area contributed by atoms with Crippen LogP contribution in [0.4, 0.5) is 0 Å². The van der Waals surface area contributed by atoms with Crippen LogP contribution in [-0.2, 0) is 16.0 Å². The van der Waals surface area contributed by atoms with Crippen LogP contribution in [0.1, 0.15) is 12.7 Å². The van der Waals surface area contributed by atoms with Crippen molar-refractivity contribution in [3.8, 4) is 0 Å². The summed E-state index contributed by atoms with van der Waals surface area (Å²) in [5, 5.41) is 3.30. The summed E-state index contributed by atoms with van der Waals surface area (Å²) >= 11 is 0. The number of methoxy groups -OCH3 is 1. The minimum absolute atomic E-state index is 0.312. The minimum atomic E-state index is 0.312. The Morgan fingerprint density at radius 1 is 1.53 bits per heavy atom. The normalized spacial score (nSPS) is 12.9. The molecule has 1 aromatic rings. The molecule has 0 aliphatic heterocycles. The molecule has 86 valence electrons. The number of nitrogens with zero attached hydrogens (tertiary/aromatic N) is 1. The molecule has 5 heteroatoms. The second-order valence-corrected chi connectivity index (χ2v) is 3.39. The van der Waals surface area contributed by atoms with Gasteiger partial charge in [0.25, 0.3) is 0 Å². The van der Waals surface area contributed by atoms with Crippen LogP contribution in [0.5, 0.6) is 0 Å². The lowest BCUT2D eigenvalue weighted by atomic mass is 10.3. The zero-order valence-electron chi connectivity index (χ0n) is 9.32. The second-order valence-electron chi connectivity index (χ2n) is 3.39. The monoisotopic (exact) mass is 213 g/mol. The van der Waals surface area contributed by atoms with Crippen LogP contribution < -0.4 is 5.32 Å². The van der Waals surface area contributed by atoms with Crippen molar-refractivity contribution < 1.29 is 9.47 Å². The molecule has 0 aliphatic rings. The molecule has 1 aromatic heterocycles. The van der Waals surface area contributed by atoms with Gasteiger partial charge in [0.1, 0.15) is 5.82 Å². The first-order valence-electron chi connectivity index (χ1n) is 5.11. The van der Waals surface area contributed by atoms with E-state index in [0.29, 0.717) is 25.9 Å². The average molecular weight is 213 g/mol. The topological polar surface area (TPSA) is 59.2 Å². The van der Waals surface area contributed by atoms with Gasteiger partial charge in [0.05, 0.1) is 26.4 Å². The fourth-order valence-corrected chi connectivity index (χ4v) is 1.13. The third-order valence-corrected chi connectivity index (χ3v) is 1.97. The van der Waals surface area contributed by atoms with Crippen molar-refractivity contribution in [2.24, 2.45) is 0 Å². The lowest BCUT2D eigenvalue weighted by Gasteiger charge is -2.12. The van der Waals surface area contributed by atoms with Crippen LogP contribution in [0.3, 0.4) is 0 Å². The molecule has 1 rings (SSSR count). The van der Waals surface area contributed by atoms with Crippen molar-refractivity contribution in [3.05, 3.63) is 18.2 Å². The zero-order valence-corrected chi connectivity index (χ0v) is 9.32. The van der Waals surface area contributed by atoms with Crippen molar-refractivity contribution in [1.29, 1.82) is 0 Å². The van der Waals surface area contributed by atoms with Gasteiger partial charge in [0, 0.05) is 25.5 Å². The van der Waals surface area contributed by atoms with Crippen LogP contribution in [0.2, 0.25) is 0 Å². The number of aromatic amines is 1. The highest BCUT2D eigenvalue weighted by atomic mass is 16.5. The number of nitrogens with one attached hydrogen (secondary N) is 2. The van der Waals surface area contributed by atoms with Crippen LogP contribution in [-0.4, -0.2) is 42.9 Å². The van der Waals surface area contributed by atoms with E-state index in [1.54, 1.807) is 13.3 Å². The van der Waals surface area contributed by atoms with E-state index in [0.717, 1.165) is 12.4 Å². The number of imidazole rings is 1. The standard InChI is InChI=1S/C10H19N3O2/c1-9(8-15-6-5-14-2)13-7-10-11-3-4-12-10/h3-4,9,13H,5-8H2,1-2H3,(H,11,12). The second kappa shape index (κ2) is 7.39. The summed E-state index contributed by atoms with van der Waals surface area (Å²) in [6.45, 7) is 4.79. The molecule has 0 saturated carbocycles. The SMILES string of the molecule is COCCOCC(C)NCc1ncc[nH]1. The molecule has 0 bridgehead atoms. The predicted molar refractivity (Wildman–Crippen MR) is 57.6 cm³/mol. The molecule has 0 aromatic carbocycles. The Morgan fingerprint density at radius 3 is 3.07 bits per heavy atom. The first kappa shape index (κ1) is 12.2. The molecule has 1 atom stereocenters. The highest BCUT2D eigenvalue weighted by molar-refractivity contribution is 4.86.